The summed E-state index contributed by atoms with van der Waals surface area (Å²) in [5.74, 6) is -3.26. The summed E-state index contributed by atoms with van der Waals surface area (Å²) in [5, 5.41) is 27.9. The number of alkyl halides is 3. The van der Waals surface area contributed by atoms with E-state index in [1.165, 1.54) is 32.2 Å². The Bertz CT molecular complexity index is 1100. The quantitative estimate of drug-likeness (QED) is 0.310. The van der Waals surface area contributed by atoms with E-state index in [2.05, 4.69) is 31.2 Å². The number of carbonyl (C=O) groups is 1. The molecule has 1 aliphatic heterocycles. The Kier molecular flexibility index (Phi) is 6.58. The van der Waals surface area contributed by atoms with Crippen molar-refractivity contribution in [3.05, 3.63) is 42.0 Å². The molecule has 1 aromatic rings. The summed E-state index contributed by atoms with van der Waals surface area (Å²) in [6.07, 6.45) is 6.01. The van der Waals surface area contributed by atoms with Crippen molar-refractivity contribution < 1.29 is 23.1 Å². The highest BCUT2D eigenvalue weighted by molar-refractivity contribution is 6.05. The number of aliphatic imine (C=N–C) groups is 1. The van der Waals surface area contributed by atoms with Crippen LogP contribution < -0.4 is 21.3 Å². The second kappa shape index (κ2) is 9.33. The largest absolute Gasteiger partial charge is 0.387 e. The van der Waals surface area contributed by atoms with Gasteiger partial charge in [0.15, 0.2) is 0 Å². The van der Waals surface area contributed by atoms with Gasteiger partial charge in [-0.1, -0.05) is 0 Å². The van der Waals surface area contributed by atoms with Gasteiger partial charge in [0.25, 0.3) is 11.8 Å². The number of amides is 1. The van der Waals surface area contributed by atoms with E-state index in [0.29, 0.717) is 18.1 Å². The van der Waals surface area contributed by atoms with Crippen LogP contribution in [0.3, 0.4) is 0 Å². The molecule has 2 fully saturated rings. The highest BCUT2D eigenvalue weighted by Gasteiger charge is 2.65. The number of aromatic nitrogens is 1. The van der Waals surface area contributed by atoms with E-state index in [-0.39, 0.29) is 29.4 Å². The molecule has 1 amide bonds. The third kappa shape index (κ3) is 5.47. The Labute approximate surface area is 200 Å². The lowest BCUT2D eigenvalue weighted by Gasteiger charge is -2.26. The standard InChI is InChI=1S/C23H28F3N7O2/c1-22(2,35)16(24)11-30-21(34)13-10-29-20(33-19-4-6-28-18(32-19)3-5-27)9-15(13)31-17-8-12-7-14(12)23(17,25)26/h3-6,9-10,12,14,16-17,27-28,35H,7-8,11H2,1-2H3,(H,30,34)(H2,29,31,32,33)/b18-3+,27-5?/t12?,14?,16-,17?/m1/s1. The van der Waals surface area contributed by atoms with Crippen molar-refractivity contribution in [2.75, 3.05) is 17.2 Å². The molecule has 0 radical (unpaired) electrons. The minimum Gasteiger partial charge on any atom is -0.387 e. The van der Waals surface area contributed by atoms with E-state index < -0.39 is 42.1 Å². The Morgan fingerprint density at radius 3 is 2.86 bits per heavy atom. The Morgan fingerprint density at radius 1 is 1.43 bits per heavy atom. The maximum Gasteiger partial charge on any atom is 0.270 e. The number of anilines is 2. The molecule has 0 bridgehead atoms. The van der Waals surface area contributed by atoms with Crippen LogP contribution in [0.4, 0.5) is 24.7 Å². The summed E-state index contributed by atoms with van der Waals surface area (Å²) in [5.41, 5.74) is -1.55. The van der Waals surface area contributed by atoms with Crippen LogP contribution in [-0.2, 0) is 0 Å². The molecule has 35 heavy (non-hydrogen) atoms. The molecule has 2 aliphatic carbocycles. The van der Waals surface area contributed by atoms with Gasteiger partial charge in [-0.3, -0.25) is 4.79 Å². The molecule has 2 saturated carbocycles. The molecule has 188 valence electrons. The zero-order chi connectivity index (χ0) is 25.4. The van der Waals surface area contributed by atoms with E-state index in [0.717, 1.165) is 6.21 Å². The van der Waals surface area contributed by atoms with Crippen LogP contribution in [0.15, 0.2) is 41.4 Å². The normalized spacial score (nSPS) is 26.3. The molecule has 12 heteroatoms. The van der Waals surface area contributed by atoms with Gasteiger partial charge in [-0.15, -0.1) is 0 Å². The summed E-state index contributed by atoms with van der Waals surface area (Å²) in [4.78, 5) is 21.3. The van der Waals surface area contributed by atoms with Crippen LogP contribution in [0.25, 0.3) is 0 Å². The first-order valence-corrected chi connectivity index (χ1v) is 11.3. The summed E-state index contributed by atoms with van der Waals surface area (Å²) in [6.45, 7) is 2.11. The van der Waals surface area contributed by atoms with Gasteiger partial charge in [-0.05, 0) is 44.8 Å². The van der Waals surface area contributed by atoms with Gasteiger partial charge in [-0.25, -0.2) is 23.1 Å². The van der Waals surface area contributed by atoms with Gasteiger partial charge in [0.2, 0.25) is 0 Å². The van der Waals surface area contributed by atoms with Crippen LogP contribution in [-0.4, -0.2) is 58.3 Å². The minimum atomic E-state index is -2.91. The lowest BCUT2D eigenvalue weighted by Crippen LogP contribution is -2.42. The number of fused-ring (bicyclic) bond motifs is 1. The second-order valence-corrected chi connectivity index (χ2v) is 9.47. The SMILES string of the molecule is CC(C)(O)[C@H](F)CNC(=O)c1cnc(NC2=N/C(=C/C=N)NC=C2)cc1NC1CC2CC2C1(F)F. The van der Waals surface area contributed by atoms with E-state index in [1.807, 2.05) is 0 Å². The summed E-state index contributed by atoms with van der Waals surface area (Å²) >= 11 is 0. The van der Waals surface area contributed by atoms with Gasteiger partial charge in [-0.2, -0.15) is 0 Å². The lowest BCUT2D eigenvalue weighted by atomic mass is 10.0. The summed E-state index contributed by atoms with van der Waals surface area (Å²) < 4.78 is 43.5. The van der Waals surface area contributed by atoms with Gasteiger partial charge >= 0.3 is 0 Å². The maximum atomic E-state index is 14.7. The summed E-state index contributed by atoms with van der Waals surface area (Å²) in [6, 6.07) is 0.285. The summed E-state index contributed by atoms with van der Waals surface area (Å²) in [7, 11) is 0. The topological polar surface area (TPSA) is 135 Å². The van der Waals surface area contributed by atoms with Crippen molar-refractivity contribution in [1.82, 2.24) is 15.6 Å². The Morgan fingerprint density at radius 2 is 2.20 bits per heavy atom. The molecule has 9 nitrogen and oxygen atoms in total. The predicted molar refractivity (Wildman–Crippen MR) is 127 cm³/mol. The molecule has 6 N–H and O–H groups in total. The van der Waals surface area contributed by atoms with Crippen LogP contribution >= 0.6 is 0 Å². The van der Waals surface area contributed by atoms with E-state index in [9.17, 15) is 23.1 Å². The number of allylic oxidation sites excluding steroid dienone is 1. The fourth-order valence-corrected chi connectivity index (χ4v) is 4.16. The molecular formula is C23H28F3N7O2. The number of nitrogens with one attached hydrogen (secondary N) is 5. The molecule has 2 heterocycles. The number of nitrogens with zero attached hydrogens (tertiary/aromatic N) is 2. The number of amidine groups is 1. The molecule has 4 atom stereocenters. The predicted octanol–water partition coefficient (Wildman–Crippen LogP) is 2.79. The van der Waals surface area contributed by atoms with Crippen molar-refractivity contribution in [3.8, 4) is 0 Å². The number of rotatable bonds is 8. The third-order valence-corrected chi connectivity index (χ3v) is 6.32. The zero-order valence-electron chi connectivity index (χ0n) is 19.3. The van der Waals surface area contributed by atoms with Crippen LogP contribution in [0.2, 0.25) is 0 Å². The molecule has 3 aliphatic rings. The van der Waals surface area contributed by atoms with E-state index in [1.54, 1.807) is 12.3 Å². The highest BCUT2D eigenvalue weighted by Crippen LogP contribution is 2.60. The van der Waals surface area contributed by atoms with Crippen LogP contribution in [0.1, 0.15) is 37.0 Å². The number of hydrogen-bond donors (Lipinski definition) is 6. The Balaban J connectivity index is 1.57. The molecule has 4 rings (SSSR count). The number of carbonyl (C=O) groups excluding carboxylic acids is 1. The highest BCUT2D eigenvalue weighted by atomic mass is 19.3. The number of pyridine rings is 1. The fourth-order valence-electron chi connectivity index (χ4n) is 4.16. The minimum absolute atomic E-state index is 0.0259. The number of halogens is 3. The Hall–Kier alpha value is -3.41. The first kappa shape index (κ1) is 24.7. The fraction of sp³-hybridized carbons (Fsp3) is 0.478. The van der Waals surface area contributed by atoms with Crippen LogP contribution in [0, 0.1) is 17.2 Å². The van der Waals surface area contributed by atoms with E-state index in [4.69, 9.17) is 5.41 Å². The maximum absolute atomic E-state index is 14.7. The van der Waals surface area contributed by atoms with Gasteiger partial charge in [0, 0.05) is 30.6 Å². The molecule has 1 aromatic heterocycles. The third-order valence-electron chi connectivity index (χ3n) is 6.32. The lowest BCUT2D eigenvalue weighted by molar-refractivity contribution is -0.0240. The van der Waals surface area contributed by atoms with Gasteiger partial charge in [0.1, 0.15) is 23.6 Å². The van der Waals surface area contributed by atoms with Crippen molar-refractivity contribution in [2.24, 2.45) is 16.8 Å². The van der Waals surface area contributed by atoms with Crippen molar-refractivity contribution >= 4 is 29.5 Å². The molecule has 0 saturated heterocycles. The number of hydrogen-bond acceptors (Lipinski definition) is 8. The van der Waals surface area contributed by atoms with Crippen molar-refractivity contribution in [2.45, 2.75) is 50.4 Å². The zero-order valence-corrected chi connectivity index (χ0v) is 19.3. The van der Waals surface area contributed by atoms with Gasteiger partial charge in [0.05, 0.1) is 29.4 Å². The first-order chi connectivity index (χ1) is 16.5. The average Bonchev–Trinajstić information content (AvgIpc) is 3.52. The van der Waals surface area contributed by atoms with Crippen molar-refractivity contribution in [3.63, 3.8) is 0 Å². The average molecular weight is 492 g/mol. The van der Waals surface area contributed by atoms with E-state index >= 15 is 0 Å². The molecule has 3 unspecified atom stereocenters. The van der Waals surface area contributed by atoms with Gasteiger partial charge < -0.3 is 31.8 Å². The first-order valence-electron chi connectivity index (χ1n) is 11.3. The second-order valence-electron chi connectivity index (χ2n) is 9.47. The molecule has 0 spiro atoms. The van der Waals surface area contributed by atoms with Crippen molar-refractivity contribution in [1.29, 1.82) is 5.41 Å². The monoisotopic (exact) mass is 491 g/mol. The number of aliphatic hydroxyl groups is 1. The van der Waals surface area contributed by atoms with Crippen LogP contribution in [0.5, 0.6) is 0 Å². The molecular weight excluding hydrogens is 463 g/mol. The molecule has 0 aromatic carbocycles. The smallest absolute Gasteiger partial charge is 0.270 e.